The first-order valence-corrected chi connectivity index (χ1v) is 7.83. The molecule has 1 aromatic carbocycles. The van der Waals surface area contributed by atoms with Crippen LogP contribution in [0.5, 0.6) is 0 Å². The molecule has 0 bridgehead atoms. The van der Waals surface area contributed by atoms with Gasteiger partial charge in [-0.1, -0.05) is 80.1 Å². The molecule has 2 rings (SSSR count). The number of benzene rings is 1. The molecule has 0 saturated heterocycles. The summed E-state index contributed by atoms with van der Waals surface area (Å²) in [7, 11) is 0. The van der Waals surface area contributed by atoms with Gasteiger partial charge in [-0.3, -0.25) is 4.79 Å². The minimum atomic E-state index is -1.25. The van der Waals surface area contributed by atoms with Gasteiger partial charge in [0.15, 0.2) is 10.1 Å². The maximum Gasteiger partial charge on any atom is 0.199 e. The molecule has 0 fully saturated rings. The van der Waals surface area contributed by atoms with Crippen LogP contribution in [0, 0.1) is 0 Å². The van der Waals surface area contributed by atoms with Crippen LogP contribution in [0.15, 0.2) is 24.3 Å². The number of unbranched alkanes of at least 4 members (excludes halogenated alkanes) is 3. The Morgan fingerprint density at radius 1 is 1.21 bits per heavy atom. The van der Waals surface area contributed by atoms with Gasteiger partial charge < -0.3 is 0 Å². The van der Waals surface area contributed by atoms with Crippen molar-refractivity contribution in [2.24, 2.45) is 0 Å². The maximum atomic E-state index is 12.2. The van der Waals surface area contributed by atoms with Gasteiger partial charge in [-0.05, 0) is 24.3 Å². The fourth-order valence-corrected chi connectivity index (χ4v) is 3.42. The molecule has 1 unspecified atom stereocenters. The summed E-state index contributed by atoms with van der Waals surface area (Å²) in [6, 6.07) is 7.75. The number of ketones is 1. The van der Waals surface area contributed by atoms with Crippen LogP contribution in [0.3, 0.4) is 0 Å². The summed E-state index contributed by atoms with van der Waals surface area (Å²) in [6.45, 7) is 2.21. The highest BCUT2D eigenvalue weighted by atomic mass is 35.5. The smallest absolute Gasteiger partial charge is 0.199 e. The molecule has 0 amide bonds. The van der Waals surface area contributed by atoms with E-state index in [2.05, 4.69) is 6.92 Å². The molecule has 0 spiro atoms. The van der Waals surface area contributed by atoms with E-state index in [0.29, 0.717) is 17.9 Å². The summed E-state index contributed by atoms with van der Waals surface area (Å²) in [5.74, 6) is 0.164. The molecule has 0 saturated carbocycles. The third-order valence-electron chi connectivity index (χ3n) is 3.89. The first kappa shape index (κ1) is 14.9. The molecule has 1 aliphatic rings. The normalized spacial score (nSPS) is 21.2. The monoisotopic (exact) mass is 298 g/mol. The van der Waals surface area contributed by atoms with Crippen LogP contribution >= 0.6 is 23.2 Å². The second-order valence-corrected chi connectivity index (χ2v) is 6.86. The van der Waals surface area contributed by atoms with Crippen molar-refractivity contribution >= 4 is 29.0 Å². The number of fused-ring (bicyclic) bond motifs is 1. The number of carbonyl (C=O) groups excluding carboxylic acids is 1. The van der Waals surface area contributed by atoms with Crippen molar-refractivity contribution < 1.29 is 4.79 Å². The molecule has 1 atom stereocenters. The Morgan fingerprint density at radius 2 is 1.95 bits per heavy atom. The zero-order valence-corrected chi connectivity index (χ0v) is 12.8. The molecule has 3 heteroatoms. The van der Waals surface area contributed by atoms with Crippen molar-refractivity contribution in [3.8, 4) is 0 Å². The summed E-state index contributed by atoms with van der Waals surface area (Å²) in [5.41, 5.74) is 1.83. The average molecular weight is 299 g/mol. The lowest BCUT2D eigenvalue weighted by Gasteiger charge is -2.32. The van der Waals surface area contributed by atoms with Crippen LogP contribution in [0.2, 0.25) is 0 Å². The predicted octanol–water partition coefficient (Wildman–Crippen LogP) is 5.50. The summed E-state index contributed by atoms with van der Waals surface area (Å²) < 4.78 is -1.25. The lowest BCUT2D eigenvalue weighted by atomic mass is 9.79. The predicted molar refractivity (Wildman–Crippen MR) is 81.3 cm³/mol. The van der Waals surface area contributed by atoms with Gasteiger partial charge >= 0.3 is 0 Å². The maximum absolute atomic E-state index is 12.2. The average Bonchev–Trinajstić information content (AvgIpc) is 2.40. The first-order chi connectivity index (χ1) is 9.06. The minimum absolute atomic E-state index is 0.142. The van der Waals surface area contributed by atoms with Crippen molar-refractivity contribution in [1.82, 2.24) is 0 Å². The molecule has 1 aliphatic carbocycles. The van der Waals surface area contributed by atoms with Gasteiger partial charge in [0.25, 0.3) is 0 Å². The third kappa shape index (κ3) is 3.32. The summed E-state index contributed by atoms with van der Waals surface area (Å²) >= 11 is 12.4. The second kappa shape index (κ2) is 6.28. The minimum Gasteiger partial charge on any atom is -0.291 e. The fraction of sp³-hybridized carbons (Fsp3) is 0.562. The molecule has 1 nitrogen and oxygen atoms in total. The van der Waals surface area contributed by atoms with E-state index in [4.69, 9.17) is 23.2 Å². The lowest BCUT2D eigenvalue weighted by molar-refractivity contribution is 0.0953. The Kier molecular flexibility index (Phi) is 4.92. The van der Waals surface area contributed by atoms with E-state index in [-0.39, 0.29) is 5.78 Å². The van der Waals surface area contributed by atoms with Gasteiger partial charge in [0.2, 0.25) is 0 Å². The molecular formula is C16H20Cl2O. The summed E-state index contributed by atoms with van der Waals surface area (Å²) in [4.78, 5) is 12.2. The van der Waals surface area contributed by atoms with Crippen molar-refractivity contribution in [1.29, 1.82) is 0 Å². The number of hydrogen-bond acceptors (Lipinski definition) is 1. The van der Waals surface area contributed by atoms with Gasteiger partial charge in [0.1, 0.15) is 0 Å². The van der Waals surface area contributed by atoms with Crippen LogP contribution in [0.1, 0.15) is 67.3 Å². The summed E-state index contributed by atoms with van der Waals surface area (Å²) in [6.07, 6.45) is 6.50. The number of hydrogen-bond donors (Lipinski definition) is 0. The number of Topliss-reactive ketones (excluding diaryl/α,β-unsaturated/α-hetero) is 1. The lowest BCUT2D eigenvalue weighted by Crippen LogP contribution is -2.34. The third-order valence-corrected chi connectivity index (χ3v) is 4.54. The van der Waals surface area contributed by atoms with E-state index >= 15 is 0 Å². The molecule has 0 heterocycles. The molecule has 1 aromatic rings. The van der Waals surface area contributed by atoms with E-state index < -0.39 is 4.33 Å². The Balaban J connectivity index is 2.16. The number of carbonyl (C=O) groups is 1. The molecule has 0 radical (unpaired) electrons. The van der Waals surface area contributed by atoms with Crippen LogP contribution in [0.4, 0.5) is 0 Å². The highest BCUT2D eigenvalue weighted by molar-refractivity contribution is 6.60. The van der Waals surface area contributed by atoms with Crippen molar-refractivity contribution in [3.05, 3.63) is 35.4 Å². The zero-order valence-electron chi connectivity index (χ0n) is 11.3. The van der Waals surface area contributed by atoms with E-state index in [1.165, 1.54) is 25.7 Å². The Labute approximate surface area is 125 Å². The number of alkyl halides is 2. The molecule has 0 N–H and O–H groups in total. The van der Waals surface area contributed by atoms with Crippen molar-refractivity contribution in [3.63, 3.8) is 0 Å². The van der Waals surface area contributed by atoms with E-state index in [1.807, 2.05) is 24.3 Å². The highest BCUT2D eigenvalue weighted by Crippen LogP contribution is 2.45. The van der Waals surface area contributed by atoms with Crippen LogP contribution in [-0.4, -0.2) is 10.1 Å². The fourth-order valence-electron chi connectivity index (χ4n) is 2.84. The molecule has 19 heavy (non-hydrogen) atoms. The van der Waals surface area contributed by atoms with Gasteiger partial charge in [0, 0.05) is 5.56 Å². The van der Waals surface area contributed by atoms with Gasteiger partial charge in [0.05, 0.1) is 0 Å². The van der Waals surface area contributed by atoms with E-state index in [0.717, 1.165) is 12.0 Å². The zero-order chi connectivity index (χ0) is 13.9. The molecule has 0 aromatic heterocycles. The quantitative estimate of drug-likeness (QED) is 0.518. The van der Waals surface area contributed by atoms with Gasteiger partial charge in [-0.15, -0.1) is 0 Å². The topological polar surface area (TPSA) is 17.1 Å². The Hall–Kier alpha value is -0.530. The second-order valence-electron chi connectivity index (χ2n) is 5.37. The number of rotatable bonds is 5. The summed E-state index contributed by atoms with van der Waals surface area (Å²) in [5, 5.41) is 0. The molecular weight excluding hydrogens is 279 g/mol. The molecule has 104 valence electrons. The van der Waals surface area contributed by atoms with E-state index in [1.54, 1.807) is 0 Å². The van der Waals surface area contributed by atoms with Crippen molar-refractivity contribution in [2.45, 2.75) is 55.7 Å². The largest absolute Gasteiger partial charge is 0.291 e. The van der Waals surface area contributed by atoms with Crippen LogP contribution in [0.25, 0.3) is 0 Å². The highest BCUT2D eigenvalue weighted by Gasteiger charge is 2.42. The van der Waals surface area contributed by atoms with Crippen LogP contribution in [-0.2, 0) is 0 Å². The van der Waals surface area contributed by atoms with Crippen LogP contribution < -0.4 is 0 Å². The first-order valence-electron chi connectivity index (χ1n) is 7.08. The van der Waals surface area contributed by atoms with Crippen molar-refractivity contribution in [2.75, 3.05) is 0 Å². The Bertz CT molecular complexity index is 454. The standard InChI is InChI=1S/C16H20Cl2O/c1-2-3-4-5-8-12-11-16(17,18)15(19)14-10-7-6-9-13(12)14/h6-7,9-10,12H,2-5,8,11H2,1H3. The SMILES string of the molecule is CCCCCCC1CC(Cl)(Cl)C(=O)c2ccccc21. The molecule has 0 aliphatic heterocycles. The van der Waals surface area contributed by atoms with E-state index in [9.17, 15) is 4.79 Å². The Morgan fingerprint density at radius 3 is 2.68 bits per heavy atom. The van der Waals surface area contributed by atoms with Gasteiger partial charge in [-0.2, -0.15) is 0 Å². The van der Waals surface area contributed by atoms with Gasteiger partial charge in [-0.25, -0.2) is 0 Å². The number of halogens is 2.